The summed E-state index contributed by atoms with van der Waals surface area (Å²) in [4.78, 5) is 0.191. The molecule has 0 unspecified atom stereocenters. The third-order valence-corrected chi connectivity index (χ3v) is 4.97. The zero-order chi connectivity index (χ0) is 14.8. The summed E-state index contributed by atoms with van der Waals surface area (Å²) in [6, 6.07) is 1.50. The quantitative estimate of drug-likeness (QED) is 0.834. The number of aryl methyl sites for hydroxylation is 1. The molecule has 0 atom stereocenters. The van der Waals surface area contributed by atoms with E-state index < -0.39 is 15.6 Å². The van der Waals surface area contributed by atoms with Crippen molar-refractivity contribution in [2.45, 2.75) is 37.8 Å². The molecule has 0 radical (unpaired) electrons. The van der Waals surface area contributed by atoms with Gasteiger partial charge in [-0.3, -0.25) is 0 Å². The lowest BCUT2D eigenvalue weighted by Gasteiger charge is -2.33. The van der Waals surface area contributed by atoms with Gasteiger partial charge in [0.1, 0.15) is 4.90 Å². The maximum atomic E-state index is 12.6. The van der Waals surface area contributed by atoms with Crippen molar-refractivity contribution in [1.29, 1.82) is 0 Å². The van der Waals surface area contributed by atoms with Gasteiger partial charge in [0.15, 0.2) is 0 Å². The van der Waals surface area contributed by atoms with Crippen molar-refractivity contribution in [3.8, 4) is 0 Å². The van der Waals surface area contributed by atoms with E-state index >= 15 is 0 Å². The van der Waals surface area contributed by atoms with E-state index in [-0.39, 0.29) is 18.0 Å². The fraction of sp³-hybridized carbons (Fsp3) is 0.538. The number of nitrogens with zero attached hydrogens (tertiary/aromatic N) is 2. The van der Waals surface area contributed by atoms with E-state index in [4.69, 9.17) is 5.11 Å². The number of aromatic nitrogens is 1. The number of aliphatic hydroxyl groups excluding tert-OH is 1. The Morgan fingerprint density at radius 3 is 2.42 bits per heavy atom. The van der Waals surface area contributed by atoms with Crippen LogP contribution in [0.2, 0.25) is 0 Å². The van der Waals surface area contributed by atoms with E-state index in [1.54, 1.807) is 17.7 Å². The Kier molecular flexibility index (Phi) is 4.60. The molecule has 1 rings (SSSR count). The maximum Gasteiger partial charge on any atom is 0.245 e. The SMILES string of the molecule is C=CCN(C(C)(C)C)S(=O)(=O)c1cc(CO)n(C)c1. The zero-order valence-corrected chi connectivity index (χ0v) is 12.7. The molecule has 6 heteroatoms. The van der Waals surface area contributed by atoms with Crippen LogP contribution in [0.5, 0.6) is 0 Å². The summed E-state index contributed by atoms with van der Waals surface area (Å²) in [7, 11) is -1.89. The van der Waals surface area contributed by atoms with Crippen LogP contribution in [-0.2, 0) is 23.7 Å². The number of sulfonamides is 1. The Bertz CT molecular complexity index is 553. The molecule has 0 aromatic carbocycles. The maximum absolute atomic E-state index is 12.6. The van der Waals surface area contributed by atoms with Gasteiger partial charge in [0.05, 0.1) is 6.61 Å². The van der Waals surface area contributed by atoms with E-state index in [1.165, 1.54) is 16.6 Å². The van der Waals surface area contributed by atoms with E-state index in [1.807, 2.05) is 20.8 Å². The minimum absolute atomic E-state index is 0.191. The molecule has 5 nitrogen and oxygen atoms in total. The van der Waals surface area contributed by atoms with Crippen molar-refractivity contribution in [3.05, 3.63) is 30.6 Å². The molecule has 0 spiro atoms. The van der Waals surface area contributed by atoms with Gasteiger partial charge in [-0.1, -0.05) is 6.08 Å². The van der Waals surface area contributed by atoms with Crippen molar-refractivity contribution < 1.29 is 13.5 Å². The Balaban J connectivity index is 3.30. The normalized spacial score (nSPS) is 12.9. The highest BCUT2D eigenvalue weighted by atomic mass is 32.2. The molecule has 0 amide bonds. The monoisotopic (exact) mass is 286 g/mol. The predicted molar refractivity (Wildman–Crippen MR) is 75.2 cm³/mol. The molecule has 1 aromatic heterocycles. The van der Waals surface area contributed by atoms with E-state index in [0.29, 0.717) is 5.69 Å². The first-order chi connectivity index (χ1) is 8.64. The van der Waals surface area contributed by atoms with Crippen molar-refractivity contribution in [1.82, 2.24) is 8.87 Å². The second-order valence-corrected chi connectivity index (χ2v) is 7.29. The summed E-state index contributed by atoms with van der Waals surface area (Å²) >= 11 is 0. The first kappa shape index (κ1) is 15.9. The number of rotatable bonds is 5. The van der Waals surface area contributed by atoms with Gasteiger partial charge in [0, 0.05) is 31.0 Å². The van der Waals surface area contributed by atoms with Gasteiger partial charge in [-0.15, -0.1) is 6.58 Å². The number of aliphatic hydroxyl groups is 1. The third kappa shape index (κ3) is 3.26. The molecular weight excluding hydrogens is 264 g/mol. The van der Waals surface area contributed by atoms with Gasteiger partial charge in [-0.05, 0) is 26.8 Å². The van der Waals surface area contributed by atoms with Crippen LogP contribution in [0.15, 0.2) is 29.8 Å². The van der Waals surface area contributed by atoms with Crippen LogP contribution >= 0.6 is 0 Å². The molecule has 0 bridgehead atoms. The van der Waals surface area contributed by atoms with E-state index in [9.17, 15) is 8.42 Å². The topological polar surface area (TPSA) is 62.5 Å². The molecular formula is C13H22N2O3S. The lowest BCUT2D eigenvalue weighted by Crippen LogP contribution is -2.45. The van der Waals surface area contributed by atoms with Crippen LogP contribution < -0.4 is 0 Å². The van der Waals surface area contributed by atoms with Crippen LogP contribution in [-0.4, -0.2) is 34.5 Å². The van der Waals surface area contributed by atoms with Crippen LogP contribution in [0, 0.1) is 0 Å². The van der Waals surface area contributed by atoms with Gasteiger partial charge in [-0.2, -0.15) is 4.31 Å². The van der Waals surface area contributed by atoms with Crippen LogP contribution in [0.1, 0.15) is 26.5 Å². The molecule has 0 saturated heterocycles. The van der Waals surface area contributed by atoms with Crippen LogP contribution in [0.4, 0.5) is 0 Å². The zero-order valence-electron chi connectivity index (χ0n) is 11.9. The van der Waals surface area contributed by atoms with Crippen molar-refractivity contribution in [2.75, 3.05) is 6.54 Å². The number of hydrogen-bond donors (Lipinski definition) is 1. The van der Waals surface area contributed by atoms with Gasteiger partial charge in [0.2, 0.25) is 10.0 Å². The summed E-state index contributed by atoms with van der Waals surface area (Å²) in [5.41, 5.74) is 0.0217. The highest BCUT2D eigenvalue weighted by Gasteiger charge is 2.33. The second kappa shape index (κ2) is 5.48. The summed E-state index contributed by atoms with van der Waals surface area (Å²) in [5, 5.41) is 9.15. The fourth-order valence-electron chi connectivity index (χ4n) is 1.85. The molecule has 1 heterocycles. The predicted octanol–water partition coefficient (Wildman–Crippen LogP) is 1.49. The molecule has 1 aromatic rings. The van der Waals surface area contributed by atoms with Crippen molar-refractivity contribution in [3.63, 3.8) is 0 Å². The minimum Gasteiger partial charge on any atom is -0.390 e. The Morgan fingerprint density at radius 1 is 1.47 bits per heavy atom. The largest absolute Gasteiger partial charge is 0.390 e. The molecule has 0 aliphatic carbocycles. The molecule has 0 aliphatic heterocycles. The summed E-state index contributed by atoms with van der Waals surface area (Å²) in [5.74, 6) is 0. The molecule has 0 aliphatic rings. The highest BCUT2D eigenvalue weighted by Crippen LogP contribution is 2.25. The Labute approximate surface area is 115 Å². The van der Waals surface area contributed by atoms with Gasteiger partial charge < -0.3 is 9.67 Å². The first-order valence-corrected chi connectivity index (χ1v) is 7.48. The van der Waals surface area contributed by atoms with Crippen LogP contribution in [0.25, 0.3) is 0 Å². The van der Waals surface area contributed by atoms with Crippen molar-refractivity contribution in [2.24, 2.45) is 7.05 Å². The fourth-order valence-corrected chi connectivity index (χ4v) is 3.71. The van der Waals surface area contributed by atoms with Gasteiger partial charge in [-0.25, -0.2) is 8.42 Å². The molecule has 0 saturated carbocycles. The highest BCUT2D eigenvalue weighted by molar-refractivity contribution is 7.89. The van der Waals surface area contributed by atoms with Crippen molar-refractivity contribution >= 4 is 10.0 Å². The first-order valence-electron chi connectivity index (χ1n) is 6.04. The van der Waals surface area contributed by atoms with E-state index in [2.05, 4.69) is 6.58 Å². The molecule has 19 heavy (non-hydrogen) atoms. The smallest absolute Gasteiger partial charge is 0.245 e. The third-order valence-electron chi connectivity index (χ3n) is 2.88. The van der Waals surface area contributed by atoms with E-state index in [0.717, 1.165) is 0 Å². The Morgan fingerprint density at radius 2 is 2.05 bits per heavy atom. The summed E-state index contributed by atoms with van der Waals surface area (Å²) in [6.45, 7) is 9.17. The number of hydrogen-bond acceptors (Lipinski definition) is 3. The average Bonchev–Trinajstić information content (AvgIpc) is 2.66. The lowest BCUT2D eigenvalue weighted by atomic mass is 10.1. The second-order valence-electron chi connectivity index (χ2n) is 5.43. The molecule has 108 valence electrons. The van der Waals surface area contributed by atoms with Gasteiger partial charge >= 0.3 is 0 Å². The standard InChI is InChI=1S/C13H22N2O3S/c1-6-7-15(13(2,3)4)19(17,18)12-8-11(10-16)14(5)9-12/h6,8-9,16H,1,7,10H2,2-5H3. The summed E-state index contributed by atoms with van der Waals surface area (Å²) in [6.07, 6.45) is 3.08. The Hall–Kier alpha value is -1.11. The summed E-state index contributed by atoms with van der Waals surface area (Å²) < 4.78 is 28.3. The lowest BCUT2D eigenvalue weighted by molar-refractivity contribution is 0.270. The minimum atomic E-state index is -3.60. The average molecular weight is 286 g/mol. The molecule has 1 N–H and O–H groups in total. The van der Waals surface area contributed by atoms with Crippen LogP contribution in [0.3, 0.4) is 0 Å². The molecule has 0 fully saturated rings. The van der Waals surface area contributed by atoms with Gasteiger partial charge in [0.25, 0.3) is 0 Å².